The Morgan fingerprint density at radius 3 is 2.68 bits per heavy atom. The second-order valence-electron chi connectivity index (χ2n) is 5.67. The van der Waals surface area contributed by atoms with E-state index in [4.69, 9.17) is 4.74 Å². The summed E-state index contributed by atoms with van der Waals surface area (Å²) in [5.74, 6) is 0. The summed E-state index contributed by atoms with van der Waals surface area (Å²) in [5, 5.41) is 9.74. The number of hydrogen-bond acceptors (Lipinski definition) is 4. The minimum absolute atomic E-state index is 0.550. The molecule has 22 heavy (non-hydrogen) atoms. The minimum atomic E-state index is -0.550. The Balaban J connectivity index is 1.88. The second kappa shape index (κ2) is 7.01. The fourth-order valence-electron chi connectivity index (χ4n) is 2.74. The smallest absolute Gasteiger partial charge is 0.0932 e. The molecule has 1 aliphatic rings. The first kappa shape index (κ1) is 15.2. The van der Waals surface area contributed by atoms with Crippen LogP contribution in [0.2, 0.25) is 0 Å². The molecule has 1 aromatic heterocycles. The molecule has 1 saturated heterocycles. The van der Waals surface area contributed by atoms with Gasteiger partial charge < -0.3 is 9.84 Å². The molecule has 1 aliphatic heterocycles. The van der Waals surface area contributed by atoms with E-state index in [1.165, 1.54) is 5.56 Å². The quantitative estimate of drug-likeness (QED) is 0.942. The monoisotopic (exact) mass is 298 g/mol. The Morgan fingerprint density at radius 2 is 1.91 bits per heavy atom. The fraction of sp³-hybridized carbons (Fsp3) is 0.389. The van der Waals surface area contributed by atoms with E-state index >= 15 is 0 Å². The van der Waals surface area contributed by atoms with E-state index in [9.17, 15) is 5.11 Å². The van der Waals surface area contributed by atoms with Crippen LogP contribution in [-0.2, 0) is 11.3 Å². The van der Waals surface area contributed by atoms with Crippen LogP contribution in [-0.4, -0.2) is 41.3 Å². The van der Waals surface area contributed by atoms with Crippen molar-refractivity contribution in [3.8, 4) is 11.3 Å². The summed E-state index contributed by atoms with van der Waals surface area (Å²) >= 11 is 0. The van der Waals surface area contributed by atoms with Crippen molar-refractivity contribution in [3.05, 3.63) is 53.7 Å². The lowest BCUT2D eigenvalue weighted by Crippen LogP contribution is -2.35. The van der Waals surface area contributed by atoms with Gasteiger partial charge in [0, 0.05) is 25.2 Å². The van der Waals surface area contributed by atoms with E-state index in [0.717, 1.165) is 44.1 Å². The highest BCUT2D eigenvalue weighted by molar-refractivity contribution is 5.63. The maximum absolute atomic E-state index is 9.74. The van der Waals surface area contributed by atoms with Crippen molar-refractivity contribution in [1.29, 1.82) is 0 Å². The number of aliphatic hydroxyl groups excluding tert-OH is 1. The summed E-state index contributed by atoms with van der Waals surface area (Å²) in [6.45, 7) is 6.19. The van der Waals surface area contributed by atoms with Crippen molar-refractivity contribution in [1.82, 2.24) is 9.88 Å². The third-order valence-electron chi connectivity index (χ3n) is 3.99. The third kappa shape index (κ3) is 3.53. The molecule has 1 N–H and O–H groups in total. The summed E-state index contributed by atoms with van der Waals surface area (Å²) in [7, 11) is 0. The summed E-state index contributed by atoms with van der Waals surface area (Å²) in [5.41, 5.74) is 4.03. The van der Waals surface area contributed by atoms with Gasteiger partial charge in [0.2, 0.25) is 0 Å². The lowest BCUT2D eigenvalue weighted by atomic mass is 10.0. The summed E-state index contributed by atoms with van der Waals surface area (Å²) in [4.78, 5) is 7.01. The maximum Gasteiger partial charge on any atom is 0.0932 e. The van der Waals surface area contributed by atoms with Gasteiger partial charge >= 0.3 is 0 Å². The summed E-state index contributed by atoms with van der Waals surface area (Å²) in [6, 6.07) is 14.2. The van der Waals surface area contributed by atoms with Crippen LogP contribution in [0.3, 0.4) is 0 Å². The molecule has 1 aromatic carbocycles. The number of aromatic nitrogens is 1. The molecule has 1 atom stereocenters. The molecule has 116 valence electrons. The molecule has 0 unspecified atom stereocenters. The highest BCUT2D eigenvalue weighted by Gasteiger charge is 2.14. The Morgan fingerprint density at radius 1 is 1.14 bits per heavy atom. The lowest BCUT2D eigenvalue weighted by molar-refractivity contribution is 0.0342. The molecule has 2 heterocycles. The Labute approximate surface area is 131 Å². The molecule has 2 aromatic rings. The molecule has 0 amide bonds. The zero-order valence-corrected chi connectivity index (χ0v) is 12.9. The molecular weight excluding hydrogens is 276 g/mol. The first-order chi connectivity index (χ1) is 10.7. The minimum Gasteiger partial charge on any atom is -0.387 e. The number of nitrogens with zero attached hydrogens (tertiary/aromatic N) is 2. The van der Waals surface area contributed by atoms with Crippen LogP contribution in [0.1, 0.15) is 24.3 Å². The van der Waals surface area contributed by atoms with Crippen molar-refractivity contribution in [2.24, 2.45) is 0 Å². The van der Waals surface area contributed by atoms with Crippen LogP contribution in [0.25, 0.3) is 11.3 Å². The van der Waals surface area contributed by atoms with Gasteiger partial charge in [0.1, 0.15) is 0 Å². The van der Waals surface area contributed by atoms with Crippen LogP contribution in [0.15, 0.2) is 42.5 Å². The maximum atomic E-state index is 9.74. The number of aliphatic hydroxyl groups is 1. The molecule has 1 fully saturated rings. The van der Waals surface area contributed by atoms with Crippen molar-refractivity contribution in [2.75, 3.05) is 26.3 Å². The largest absolute Gasteiger partial charge is 0.387 e. The van der Waals surface area contributed by atoms with E-state index in [2.05, 4.69) is 28.1 Å². The normalized spacial score (nSPS) is 17.4. The number of morpholine rings is 1. The molecule has 3 rings (SSSR count). The zero-order chi connectivity index (χ0) is 15.4. The first-order valence-electron chi connectivity index (χ1n) is 7.77. The fourth-order valence-corrected chi connectivity index (χ4v) is 2.74. The predicted molar refractivity (Wildman–Crippen MR) is 86.4 cm³/mol. The Bertz CT molecular complexity index is 622. The number of ether oxygens (including phenoxy) is 1. The predicted octanol–water partition coefficient (Wildman–Crippen LogP) is 2.63. The van der Waals surface area contributed by atoms with E-state index in [1.54, 1.807) is 6.92 Å². The van der Waals surface area contributed by atoms with Gasteiger partial charge in [-0.1, -0.05) is 30.3 Å². The average Bonchev–Trinajstić information content (AvgIpc) is 2.56. The van der Waals surface area contributed by atoms with Gasteiger partial charge in [-0.15, -0.1) is 0 Å². The van der Waals surface area contributed by atoms with Crippen molar-refractivity contribution < 1.29 is 9.84 Å². The van der Waals surface area contributed by atoms with Crippen LogP contribution >= 0.6 is 0 Å². The van der Waals surface area contributed by atoms with E-state index in [1.807, 2.05) is 24.3 Å². The first-order valence-corrected chi connectivity index (χ1v) is 7.77. The molecular formula is C18H22N2O2. The van der Waals surface area contributed by atoms with Gasteiger partial charge in [-0.05, 0) is 24.6 Å². The Hall–Kier alpha value is -1.75. The van der Waals surface area contributed by atoms with Gasteiger partial charge in [0.15, 0.2) is 0 Å². The van der Waals surface area contributed by atoms with E-state index in [0.29, 0.717) is 5.69 Å². The lowest BCUT2D eigenvalue weighted by Gasteiger charge is -2.27. The number of pyridine rings is 1. The van der Waals surface area contributed by atoms with Crippen molar-refractivity contribution >= 4 is 0 Å². The number of rotatable bonds is 4. The highest BCUT2D eigenvalue weighted by atomic mass is 16.5. The van der Waals surface area contributed by atoms with Gasteiger partial charge in [0.05, 0.1) is 30.7 Å². The van der Waals surface area contributed by atoms with E-state index < -0.39 is 6.10 Å². The van der Waals surface area contributed by atoms with E-state index in [-0.39, 0.29) is 0 Å². The topological polar surface area (TPSA) is 45.6 Å². The summed E-state index contributed by atoms with van der Waals surface area (Å²) < 4.78 is 5.41. The molecule has 0 spiro atoms. The highest BCUT2D eigenvalue weighted by Crippen LogP contribution is 2.24. The number of benzene rings is 1. The molecule has 0 bridgehead atoms. The summed E-state index contributed by atoms with van der Waals surface area (Å²) in [6.07, 6.45) is -0.550. The van der Waals surface area contributed by atoms with Crippen molar-refractivity contribution in [3.63, 3.8) is 0 Å². The molecule has 0 saturated carbocycles. The molecule has 0 radical (unpaired) electrons. The van der Waals surface area contributed by atoms with Gasteiger partial charge in [-0.25, -0.2) is 0 Å². The average molecular weight is 298 g/mol. The zero-order valence-electron chi connectivity index (χ0n) is 12.9. The van der Waals surface area contributed by atoms with Gasteiger partial charge in [0.25, 0.3) is 0 Å². The Kier molecular flexibility index (Phi) is 4.83. The van der Waals surface area contributed by atoms with Crippen molar-refractivity contribution in [2.45, 2.75) is 19.6 Å². The molecule has 0 aliphatic carbocycles. The van der Waals surface area contributed by atoms with Gasteiger partial charge in [-0.2, -0.15) is 0 Å². The molecule has 4 nitrogen and oxygen atoms in total. The van der Waals surface area contributed by atoms with Crippen LogP contribution in [0.4, 0.5) is 0 Å². The number of hydrogen-bond donors (Lipinski definition) is 1. The SMILES string of the molecule is C[C@@H](O)c1cccc(-c2ccccc2CN2CCOCC2)n1. The van der Waals surface area contributed by atoms with Gasteiger partial charge in [-0.3, -0.25) is 9.88 Å². The standard InChI is InChI=1S/C18H22N2O2/c1-14(21)17-7-4-8-18(19-17)16-6-3-2-5-15(16)13-20-9-11-22-12-10-20/h2-8,14,21H,9-13H2,1H3/t14-/m1/s1. The van der Waals surface area contributed by atoms with Crippen LogP contribution in [0, 0.1) is 0 Å². The van der Waals surface area contributed by atoms with Crippen LogP contribution in [0.5, 0.6) is 0 Å². The molecule has 4 heteroatoms. The third-order valence-corrected chi connectivity index (χ3v) is 3.99. The second-order valence-corrected chi connectivity index (χ2v) is 5.67. The van der Waals surface area contributed by atoms with Crippen LogP contribution < -0.4 is 0 Å².